The lowest BCUT2D eigenvalue weighted by molar-refractivity contribution is -0.0328. The summed E-state index contributed by atoms with van der Waals surface area (Å²) in [4.78, 5) is 11.4. The molecule has 1 nitrogen and oxygen atoms in total. The van der Waals surface area contributed by atoms with E-state index in [0.717, 1.165) is 5.56 Å². The van der Waals surface area contributed by atoms with E-state index in [-0.39, 0.29) is 22.4 Å². The Morgan fingerprint density at radius 2 is 1.93 bits per heavy atom. The lowest BCUT2D eigenvalue weighted by Crippen LogP contribution is -2.00. The number of thioether (sulfide) groups is 1. The summed E-state index contributed by atoms with van der Waals surface area (Å²) in [6.07, 6.45) is 1.06. The van der Waals surface area contributed by atoms with Crippen molar-refractivity contribution >= 4 is 17.5 Å². The van der Waals surface area contributed by atoms with Gasteiger partial charge in [-0.1, -0.05) is 6.07 Å². The van der Waals surface area contributed by atoms with Gasteiger partial charge in [0.05, 0.1) is 0 Å². The largest absolute Gasteiger partial charge is 0.446 e. The Morgan fingerprint density at radius 1 is 1.20 bits per heavy atom. The van der Waals surface area contributed by atoms with Gasteiger partial charge in [0.1, 0.15) is 0 Å². The Labute approximate surface area is 88.7 Å². The molecule has 1 aromatic carbocycles. The first kappa shape index (κ1) is 10.5. The number of halogens is 3. The van der Waals surface area contributed by atoms with Crippen molar-refractivity contribution < 1.29 is 18.0 Å². The molecule has 0 aromatic heterocycles. The van der Waals surface area contributed by atoms with E-state index >= 15 is 0 Å². The molecule has 1 aliphatic carbocycles. The van der Waals surface area contributed by atoms with Crippen LogP contribution in [-0.4, -0.2) is 11.3 Å². The predicted octanol–water partition coefficient (Wildman–Crippen LogP) is 3.43. The van der Waals surface area contributed by atoms with Crippen molar-refractivity contribution in [2.24, 2.45) is 0 Å². The number of ketones is 1. The molecule has 0 saturated carbocycles. The molecule has 1 aromatic rings. The van der Waals surface area contributed by atoms with E-state index in [2.05, 4.69) is 0 Å². The molecule has 0 atom stereocenters. The van der Waals surface area contributed by atoms with Crippen LogP contribution in [0.15, 0.2) is 23.1 Å². The normalized spacial score (nSPS) is 15.5. The third-order valence-corrected chi connectivity index (χ3v) is 2.96. The van der Waals surface area contributed by atoms with Gasteiger partial charge < -0.3 is 0 Å². The number of alkyl halides is 3. The second-order valence-electron chi connectivity index (χ2n) is 3.29. The Hall–Kier alpha value is -0.970. The van der Waals surface area contributed by atoms with Gasteiger partial charge in [0.15, 0.2) is 5.78 Å². The SMILES string of the molecule is O=C1CCc2ccc(SC(F)(F)F)cc21. The molecule has 0 unspecified atom stereocenters. The van der Waals surface area contributed by atoms with Gasteiger partial charge in [0.2, 0.25) is 0 Å². The zero-order chi connectivity index (χ0) is 11.1. The van der Waals surface area contributed by atoms with Gasteiger partial charge in [0, 0.05) is 16.9 Å². The highest BCUT2D eigenvalue weighted by atomic mass is 32.2. The van der Waals surface area contributed by atoms with Gasteiger partial charge in [-0.25, -0.2) is 0 Å². The maximum absolute atomic E-state index is 12.1. The van der Waals surface area contributed by atoms with Crippen LogP contribution in [0.1, 0.15) is 22.3 Å². The summed E-state index contributed by atoms with van der Waals surface area (Å²) in [6, 6.07) is 4.35. The molecule has 1 aliphatic rings. The minimum absolute atomic E-state index is 0.0605. The van der Waals surface area contributed by atoms with E-state index < -0.39 is 5.51 Å². The van der Waals surface area contributed by atoms with Gasteiger partial charge >= 0.3 is 5.51 Å². The predicted molar refractivity (Wildman–Crippen MR) is 51.0 cm³/mol. The molecule has 0 aliphatic heterocycles. The first-order valence-corrected chi connectivity index (χ1v) is 5.19. The fraction of sp³-hybridized carbons (Fsp3) is 0.300. The minimum Gasteiger partial charge on any atom is -0.294 e. The minimum atomic E-state index is -4.30. The van der Waals surface area contributed by atoms with Crippen LogP contribution in [0.4, 0.5) is 13.2 Å². The number of hydrogen-bond donors (Lipinski definition) is 0. The Morgan fingerprint density at radius 3 is 2.60 bits per heavy atom. The van der Waals surface area contributed by atoms with Crippen molar-refractivity contribution in [2.75, 3.05) is 0 Å². The third kappa shape index (κ3) is 2.34. The molecular formula is C10H7F3OS. The molecular weight excluding hydrogens is 225 g/mol. The van der Waals surface area contributed by atoms with Gasteiger partial charge in [-0.05, 0) is 35.9 Å². The highest BCUT2D eigenvalue weighted by Crippen LogP contribution is 2.38. The summed E-state index contributed by atoms with van der Waals surface area (Å²) in [7, 11) is 0. The highest BCUT2D eigenvalue weighted by Gasteiger charge is 2.30. The molecule has 0 saturated heterocycles. The zero-order valence-electron chi connectivity index (χ0n) is 7.60. The van der Waals surface area contributed by atoms with Crippen LogP contribution in [0.5, 0.6) is 0 Å². The topological polar surface area (TPSA) is 17.1 Å². The number of rotatable bonds is 1. The Balaban J connectivity index is 2.30. The first-order valence-electron chi connectivity index (χ1n) is 4.37. The van der Waals surface area contributed by atoms with Gasteiger partial charge in [0.25, 0.3) is 0 Å². The maximum Gasteiger partial charge on any atom is 0.446 e. The molecule has 0 radical (unpaired) electrons. The second kappa shape index (κ2) is 3.56. The van der Waals surface area contributed by atoms with Gasteiger partial charge in [-0.3, -0.25) is 4.79 Å². The molecule has 15 heavy (non-hydrogen) atoms. The average Bonchev–Trinajstić information content (AvgIpc) is 2.45. The van der Waals surface area contributed by atoms with Crippen LogP contribution in [-0.2, 0) is 6.42 Å². The molecule has 0 amide bonds. The fourth-order valence-corrected chi connectivity index (χ4v) is 2.19. The summed E-state index contributed by atoms with van der Waals surface area (Å²) < 4.78 is 36.2. The number of benzene rings is 1. The standard InChI is InChI=1S/C10H7F3OS/c11-10(12,13)15-7-3-1-6-2-4-9(14)8(6)5-7/h1,3,5H,2,4H2. The zero-order valence-corrected chi connectivity index (χ0v) is 8.41. The van der Waals surface area contributed by atoms with E-state index in [9.17, 15) is 18.0 Å². The van der Waals surface area contributed by atoms with Crippen molar-refractivity contribution in [3.63, 3.8) is 0 Å². The first-order chi connectivity index (χ1) is 6.96. The average molecular weight is 232 g/mol. The molecule has 5 heteroatoms. The van der Waals surface area contributed by atoms with Crippen molar-refractivity contribution in [2.45, 2.75) is 23.2 Å². The summed E-state index contributed by atoms with van der Waals surface area (Å²) >= 11 is -0.183. The molecule has 0 N–H and O–H groups in total. The lowest BCUT2D eigenvalue weighted by Gasteiger charge is -2.06. The molecule has 2 rings (SSSR count). The van der Waals surface area contributed by atoms with E-state index in [1.807, 2.05) is 0 Å². The third-order valence-electron chi connectivity index (χ3n) is 2.24. The van der Waals surface area contributed by atoms with Crippen molar-refractivity contribution in [3.8, 4) is 0 Å². The number of carbonyl (C=O) groups is 1. The van der Waals surface area contributed by atoms with Crippen LogP contribution >= 0.6 is 11.8 Å². The summed E-state index contributed by atoms with van der Waals surface area (Å²) in [6.45, 7) is 0. The number of carbonyl (C=O) groups excluding carboxylic acids is 1. The van der Waals surface area contributed by atoms with Crippen molar-refractivity contribution in [1.29, 1.82) is 0 Å². The number of fused-ring (bicyclic) bond motifs is 1. The van der Waals surface area contributed by atoms with Crippen LogP contribution in [0.3, 0.4) is 0 Å². The molecule has 0 fully saturated rings. The van der Waals surface area contributed by atoms with Gasteiger partial charge in [-0.15, -0.1) is 0 Å². The van der Waals surface area contributed by atoms with E-state index in [4.69, 9.17) is 0 Å². The Kier molecular flexibility index (Phi) is 2.50. The summed E-state index contributed by atoms with van der Waals surface area (Å²) in [5.74, 6) is -0.0605. The summed E-state index contributed by atoms with van der Waals surface area (Å²) in [5.41, 5.74) is -2.99. The van der Waals surface area contributed by atoms with Crippen molar-refractivity contribution in [1.82, 2.24) is 0 Å². The van der Waals surface area contributed by atoms with E-state index in [1.165, 1.54) is 12.1 Å². The number of aryl methyl sites for hydroxylation is 1. The summed E-state index contributed by atoms with van der Waals surface area (Å²) in [5, 5.41) is 0. The highest BCUT2D eigenvalue weighted by molar-refractivity contribution is 8.00. The quantitative estimate of drug-likeness (QED) is 0.690. The van der Waals surface area contributed by atoms with Crippen molar-refractivity contribution in [3.05, 3.63) is 29.3 Å². The molecule has 80 valence electrons. The Bertz CT molecular complexity index is 412. The van der Waals surface area contributed by atoms with E-state index in [1.54, 1.807) is 6.07 Å². The van der Waals surface area contributed by atoms with Gasteiger partial charge in [-0.2, -0.15) is 13.2 Å². The van der Waals surface area contributed by atoms with Crippen LogP contribution in [0.25, 0.3) is 0 Å². The lowest BCUT2D eigenvalue weighted by atomic mass is 10.1. The maximum atomic E-state index is 12.1. The monoisotopic (exact) mass is 232 g/mol. The van der Waals surface area contributed by atoms with Crippen LogP contribution < -0.4 is 0 Å². The molecule has 0 spiro atoms. The van der Waals surface area contributed by atoms with Crippen LogP contribution in [0.2, 0.25) is 0 Å². The fourth-order valence-electron chi connectivity index (χ4n) is 1.61. The number of hydrogen-bond acceptors (Lipinski definition) is 2. The number of Topliss-reactive ketones (excluding diaryl/α,β-unsaturated/α-hetero) is 1. The van der Waals surface area contributed by atoms with E-state index in [0.29, 0.717) is 18.4 Å². The molecule has 0 bridgehead atoms. The smallest absolute Gasteiger partial charge is 0.294 e. The second-order valence-corrected chi connectivity index (χ2v) is 4.43. The molecule has 0 heterocycles. The van der Waals surface area contributed by atoms with Crippen LogP contribution in [0, 0.1) is 0 Å².